The van der Waals surface area contributed by atoms with Gasteiger partial charge < -0.3 is 5.11 Å². The van der Waals surface area contributed by atoms with E-state index in [1.165, 1.54) is 6.07 Å². The summed E-state index contributed by atoms with van der Waals surface area (Å²) in [6.45, 7) is 0. The van der Waals surface area contributed by atoms with Crippen molar-refractivity contribution in [1.29, 1.82) is 0 Å². The lowest BCUT2D eigenvalue weighted by atomic mass is 9.85. The molecule has 0 saturated carbocycles. The molecule has 0 aromatic heterocycles. The summed E-state index contributed by atoms with van der Waals surface area (Å²) in [5, 5.41) is 9.13. The van der Waals surface area contributed by atoms with Crippen molar-refractivity contribution in [3.63, 3.8) is 0 Å². The molecule has 4 nitrogen and oxygen atoms in total. The van der Waals surface area contributed by atoms with E-state index >= 15 is 0 Å². The van der Waals surface area contributed by atoms with Crippen molar-refractivity contribution >= 4 is 15.8 Å². The predicted octanol–water partition coefficient (Wildman–Crippen LogP) is 1.50. The molecule has 1 aliphatic rings. The highest BCUT2D eigenvalue weighted by atomic mass is 32.2. The van der Waals surface area contributed by atoms with Crippen LogP contribution in [0, 0.1) is 17.7 Å². The predicted molar refractivity (Wildman–Crippen MR) is 68.0 cm³/mol. The number of aliphatic carboxylic acids is 1. The SMILES string of the molecule is O=C(O)C1CS(=O)(=O)CCC1Cc1ccccc1F. The van der Waals surface area contributed by atoms with Crippen molar-refractivity contribution in [2.75, 3.05) is 11.5 Å². The van der Waals surface area contributed by atoms with Crippen LogP contribution in [-0.4, -0.2) is 31.0 Å². The van der Waals surface area contributed by atoms with Crippen LogP contribution in [0.1, 0.15) is 12.0 Å². The normalized spacial score (nSPS) is 25.9. The zero-order chi connectivity index (χ0) is 14.0. The highest BCUT2D eigenvalue weighted by Crippen LogP contribution is 2.29. The number of carbonyl (C=O) groups is 1. The van der Waals surface area contributed by atoms with Gasteiger partial charge in [0.2, 0.25) is 0 Å². The number of halogens is 1. The third-order valence-corrected chi connectivity index (χ3v) is 5.28. The Morgan fingerprint density at radius 1 is 1.37 bits per heavy atom. The maximum Gasteiger partial charge on any atom is 0.307 e. The molecule has 1 N–H and O–H groups in total. The Bertz CT molecular complexity index is 582. The topological polar surface area (TPSA) is 71.4 Å². The molecule has 1 fully saturated rings. The maximum atomic E-state index is 13.6. The molecule has 2 atom stereocenters. The molecular formula is C13H15FO4S. The van der Waals surface area contributed by atoms with Crippen molar-refractivity contribution in [3.8, 4) is 0 Å². The van der Waals surface area contributed by atoms with E-state index in [4.69, 9.17) is 5.11 Å². The number of sulfone groups is 1. The quantitative estimate of drug-likeness (QED) is 0.914. The van der Waals surface area contributed by atoms with Gasteiger partial charge in [-0.1, -0.05) is 18.2 Å². The third kappa shape index (κ3) is 3.32. The largest absolute Gasteiger partial charge is 0.481 e. The summed E-state index contributed by atoms with van der Waals surface area (Å²) in [5.74, 6) is -3.14. The molecule has 6 heteroatoms. The first-order valence-electron chi connectivity index (χ1n) is 6.06. The molecule has 0 radical (unpaired) electrons. The van der Waals surface area contributed by atoms with Gasteiger partial charge in [0.15, 0.2) is 9.84 Å². The minimum absolute atomic E-state index is 0.0180. The first kappa shape index (κ1) is 14.0. The van der Waals surface area contributed by atoms with Crippen LogP contribution >= 0.6 is 0 Å². The van der Waals surface area contributed by atoms with Gasteiger partial charge >= 0.3 is 5.97 Å². The molecular weight excluding hydrogens is 271 g/mol. The molecule has 104 valence electrons. The maximum absolute atomic E-state index is 13.6. The molecule has 1 aromatic rings. The Labute approximate surface area is 111 Å². The van der Waals surface area contributed by atoms with E-state index in [-0.39, 0.29) is 36.1 Å². The Hall–Kier alpha value is -1.43. The van der Waals surface area contributed by atoms with Crippen molar-refractivity contribution < 1.29 is 22.7 Å². The van der Waals surface area contributed by atoms with Gasteiger partial charge in [-0.05, 0) is 30.4 Å². The fraction of sp³-hybridized carbons (Fsp3) is 0.462. The van der Waals surface area contributed by atoms with E-state index in [0.717, 1.165) is 0 Å². The van der Waals surface area contributed by atoms with E-state index in [1.807, 2.05) is 0 Å². The van der Waals surface area contributed by atoms with Gasteiger partial charge in [0.05, 0.1) is 17.4 Å². The fourth-order valence-electron chi connectivity index (χ4n) is 2.49. The van der Waals surface area contributed by atoms with E-state index in [2.05, 4.69) is 0 Å². The highest BCUT2D eigenvalue weighted by Gasteiger charge is 2.37. The van der Waals surface area contributed by atoms with Gasteiger partial charge in [0.25, 0.3) is 0 Å². The third-order valence-electron chi connectivity index (χ3n) is 3.56. The highest BCUT2D eigenvalue weighted by molar-refractivity contribution is 7.91. The van der Waals surface area contributed by atoms with Gasteiger partial charge in [-0.25, -0.2) is 12.8 Å². The zero-order valence-electron chi connectivity index (χ0n) is 10.3. The van der Waals surface area contributed by atoms with E-state index in [0.29, 0.717) is 5.56 Å². The molecule has 19 heavy (non-hydrogen) atoms. The van der Waals surface area contributed by atoms with Crippen LogP contribution in [-0.2, 0) is 21.1 Å². The van der Waals surface area contributed by atoms with E-state index in [1.54, 1.807) is 18.2 Å². The number of carboxylic acids is 1. The first-order valence-corrected chi connectivity index (χ1v) is 7.88. The summed E-state index contributed by atoms with van der Waals surface area (Å²) in [7, 11) is -3.29. The lowest BCUT2D eigenvalue weighted by molar-refractivity contribution is -0.143. The number of carboxylic acid groups (broad SMARTS) is 1. The van der Waals surface area contributed by atoms with Gasteiger partial charge in [-0.3, -0.25) is 4.79 Å². The molecule has 1 aliphatic heterocycles. The summed E-state index contributed by atoms with van der Waals surface area (Å²) in [5.41, 5.74) is 0.443. The minimum Gasteiger partial charge on any atom is -0.481 e. The van der Waals surface area contributed by atoms with Crippen LogP contribution in [0.25, 0.3) is 0 Å². The van der Waals surface area contributed by atoms with Crippen LogP contribution in [0.4, 0.5) is 4.39 Å². The molecule has 1 saturated heterocycles. The van der Waals surface area contributed by atoms with Crippen molar-refractivity contribution in [2.24, 2.45) is 11.8 Å². The monoisotopic (exact) mass is 286 g/mol. The Kier molecular flexibility index (Phi) is 3.89. The van der Waals surface area contributed by atoms with E-state index in [9.17, 15) is 17.6 Å². The van der Waals surface area contributed by atoms with Crippen LogP contribution < -0.4 is 0 Å². The molecule has 2 unspecified atom stereocenters. The second-order valence-corrected chi connectivity index (χ2v) is 7.13. The van der Waals surface area contributed by atoms with Crippen LogP contribution in [0.15, 0.2) is 24.3 Å². The lowest BCUT2D eigenvalue weighted by Crippen LogP contribution is -2.38. The van der Waals surface area contributed by atoms with Crippen LogP contribution in [0.5, 0.6) is 0 Å². The number of hydrogen-bond donors (Lipinski definition) is 1. The summed E-state index contributed by atoms with van der Waals surface area (Å²) in [6, 6.07) is 6.19. The molecule has 0 spiro atoms. The molecule has 0 aliphatic carbocycles. The molecule has 0 bridgehead atoms. The lowest BCUT2D eigenvalue weighted by Gasteiger charge is -2.28. The number of hydrogen-bond acceptors (Lipinski definition) is 3. The minimum atomic E-state index is -3.29. The standard InChI is InChI=1S/C13H15FO4S/c14-12-4-2-1-3-10(12)7-9-5-6-19(17,18)8-11(9)13(15)16/h1-4,9,11H,5-8H2,(H,15,16). The molecule has 1 heterocycles. The van der Waals surface area contributed by atoms with Crippen LogP contribution in [0.3, 0.4) is 0 Å². The summed E-state index contributed by atoms with van der Waals surface area (Å²) in [6.07, 6.45) is 0.535. The van der Waals surface area contributed by atoms with Gasteiger partial charge in [-0.15, -0.1) is 0 Å². The second kappa shape index (κ2) is 5.28. The van der Waals surface area contributed by atoms with Crippen molar-refractivity contribution in [3.05, 3.63) is 35.6 Å². The number of rotatable bonds is 3. The van der Waals surface area contributed by atoms with Gasteiger partial charge in [-0.2, -0.15) is 0 Å². The van der Waals surface area contributed by atoms with Crippen molar-refractivity contribution in [1.82, 2.24) is 0 Å². The molecule has 0 amide bonds. The Balaban J connectivity index is 2.19. The average Bonchev–Trinajstić information content (AvgIpc) is 2.33. The average molecular weight is 286 g/mol. The first-order chi connectivity index (χ1) is 8.89. The summed E-state index contributed by atoms with van der Waals surface area (Å²) >= 11 is 0. The van der Waals surface area contributed by atoms with Crippen LogP contribution in [0.2, 0.25) is 0 Å². The van der Waals surface area contributed by atoms with Gasteiger partial charge in [0, 0.05) is 0 Å². The Morgan fingerprint density at radius 3 is 2.68 bits per heavy atom. The summed E-state index contributed by atoms with van der Waals surface area (Å²) < 4.78 is 36.5. The summed E-state index contributed by atoms with van der Waals surface area (Å²) in [4.78, 5) is 11.2. The molecule has 1 aromatic carbocycles. The smallest absolute Gasteiger partial charge is 0.307 e. The van der Waals surface area contributed by atoms with Gasteiger partial charge in [0.1, 0.15) is 5.82 Å². The molecule has 2 rings (SSSR count). The fourth-order valence-corrected chi connectivity index (χ4v) is 4.28. The second-order valence-electron chi connectivity index (χ2n) is 4.90. The number of benzene rings is 1. The Morgan fingerprint density at radius 2 is 2.05 bits per heavy atom. The zero-order valence-corrected chi connectivity index (χ0v) is 11.1. The van der Waals surface area contributed by atoms with Crippen molar-refractivity contribution in [2.45, 2.75) is 12.8 Å². The van der Waals surface area contributed by atoms with E-state index < -0.39 is 21.7 Å².